The summed E-state index contributed by atoms with van der Waals surface area (Å²) in [7, 11) is 0. The smallest absolute Gasteiger partial charge is 0.143 e. The Morgan fingerprint density at radius 2 is 2.11 bits per heavy atom. The van der Waals surface area contributed by atoms with Crippen LogP contribution in [-0.4, -0.2) is 4.98 Å². The van der Waals surface area contributed by atoms with Crippen molar-refractivity contribution < 1.29 is 4.39 Å². The van der Waals surface area contributed by atoms with Crippen molar-refractivity contribution in [2.24, 2.45) is 0 Å². The molecule has 0 bridgehead atoms. The van der Waals surface area contributed by atoms with Gasteiger partial charge in [0.1, 0.15) is 11.0 Å². The minimum Gasteiger partial charge on any atom is -0.380 e. The number of hydrogen-bond donors (Lipinski definition) is 1. The molecule has 1 aromatic carbocycles. The largest absolute Gasteiger partial charge is 0.380 e. The number of nitrogens with one attached hydrogen (secondary N) is 1. The molecule has 18 heavy (non-hydrogen) atoms. The maximum atomic E-state index is 13.5. The Morgan fingerprint density at radius 1 is 1.33 bits per heavy atom. The molecule has 94 valence electrons. The summed E-state index contributed by atoms with van der Waals surface area (Å²) in [6, 6.07) is 6.36. The van der Waals surface area contributed by atoms with Gasteiger partial charge in [-0.1, -0.05) is 29.3 Å². The predicted octanol–water partition coefficient (Wildman–Crippen LogP) is 4.90. The van der Waals surface area contributed by atoms with Gasteiger partial charge in [0.2, 0.25) is 0 Å². The lowest BCUT2D eigenvalue weighted by molar-refractivity contribution is 0.613. The van der Waals surface area contributed by atoms with Gasteiger partial charge in [-0.2, -0.15) is 0 Å². The van der Waals surface area contributed by atoms with E-state index in [4.69, 9.17) is 23.2 Å². The molecular formula is C12H8BrCl2FN2. The van der Waals surface area contributed by atoms with Gasteiger partial charge in [-0.15, -0.1) is 0 Å². The fourth-order valence-electron chi connectivity index (χ4n) is 1.41. The number of pyridine rings is 1. The van der Waals surface area contributed by atoms with E-state index in [9.17, 15) is 4.39 Å². The fraction of sp³-hybridized carbons (Fsp3) is 0.0833. The van der Waals surface area contributed by atoms with Crippen LogP contribution in [0.3, 0.4) is 0 Å². The van der Waals surface area contributed by atoms with Crippen LogP contribution in [0.4, 0.5) is 10.1 Å². The van der Waals surface area contributed by atoms with Gasteiger partial charge >= 0.3 is 0 Å². The van der Waals surface area contributed by atoms with E-state index < -0.39 is 0 Å². The van der Waals surface area contributed by atoms with Crippen molar-refractivity contribution in [2.75, 3.05) is 5.32 Å². The summed E-state index contributed by atoms with van der Waals surface area (Å²) in [5, 5.41) is 3.81. The van der Waals surface area contributed by atoms with Crippen LogP contribution in [0.1, 0.15) is 5.56 Å². The standard InChI is InChI=1S/C12H8BrCl2FN2/c13-9-4-7(5-18-12(9)15)17-6-8-10(14)2-1-3-11(8)16/h1-5,17H,6H2. The number of rotatable bonds is 3. The first kappa shape index (κ1) is 13.6. The number of benzene rings is 1. The maximum absolute atomic E-state index is 13.5. The summed E-state index contributed by atoms with van der Waals surface area (Å²) in [5.74, 6) is -0.337. The van der Waals surface area contributed by atoms with Crippen LogP contribution in [-0.2, 0) is 6.54 Å². The molecule has 0 unspecified atom stereocenters. The number of hydrogen-bond acceptors (Lipinski definition) is 2. The third kappa shape index (κ3) is 3.13. The first-order chi connectivity index (χ1) is 8.58. The average molecular weight is 350 g/mol. The lowest BCUT2D eigenvalue weighted by Crippen LogP contribution is -2.03. The zero-order valence-corrected chi connectivity index (χ0v) is 12.2. The Labute approximate surface area is 122 Å². The molecule has 6 heteroatoms. The van der Waals surface area contributed by atoms with Crippen LogP contribution in [0, 0.1) is 5.82 Å². The molecular weight excluding hydrogens is 342 g/mol. The molecule has 0 saturated carbocycles. The molecule has 0 aliphatic rings. The summed E-state index contributed by atoms with van der Waals surface area (Å²) in [5.41, 5.74) is 1.15. The minimum atomic E-state index is -0.337. The van der Waals surface area contributed by atoms with Gasteiger partial charge in [0, 0.05) is 17.1 Å². The molecule has 1 aromatic heterocycles. The topological polar surface area (TPSA) is 24.9 Å². The van der Waals surface area contributed by atoms with Gasteiger partial charge in [-0.25, -0.2) is 9.37 Å². The van der Waals surface area contributed by atoms with Crippen molar-refractivity contribution in [3.05, 3.63) is 56.5 Å². The summed E-state index contributed by atoms with van der Waals surface area (Å²) in [6.45, 7) is 0.279. The molecule has 0 fully saturated rings. The van der Waals surface area contributed by atoms with Gasteiger partial charge in [-0.05, 0) is 34.1 Å². The molecule has 2 nitrogen and oxygen atoms in total. The fourth-order valence-corrected chi connectivity index (χ4v) is 2.09. The first-order valence-corrected chi connectivity index (χ1v) is 6.60. The van der Waals surface area contributed by atoms with E-state index in [1.807, 2.05) is 0 Å². The second kappa shape index (κ2) is 5.87. The first-order valence-electron chi connectivity index (χ1n) is 5.05. The van der Waals surface area contributed by atoms with Crippen molar-refractivity contribution in [3.8, 4) is 0 Å². The summed E-state index contributed by atoms with van der Waals surface area (Å²) in [6.07, 6.45) is 1.57. The van der Waals surface area contributed by atoms with Crippen LogP contribution in [0.15, 0.2) is 34.9 Å². The quantitative estimate of drug-likeness (QED) is 0.797. The Bertz CT molecular complexity index is 558. The number of halogens is 4. The van der Waals surface area contributed by atoms with E-state index in [1.54, 1.807) is 24.4 Å². The SMILES string of the molecule is Fc1cccc(Cl)c1CNc1cnc(Cl)c(Br)c1. The third-order valence-electron chi connectivity index (χ3n) is 2.33. The average Bonchev–Trinajstić information content (AvgIpc) is 2.33. The lowest BCUT2D eigenvalue weighted by Gasteiger charge is -2.09. The second-order valence-corrected chi connectivity index (χ2v) is 5.17. The molecule has 0 atom stereocenters. The summed E-state index contributed by atoms with van der Waals surface area (Å²) in [4.78, 5) is 3.97. The Morgan fingerprint density at radius 3 is 2.78 bits per heavy atom. The minimum absolute atomic E-state index is 0.279. The molecule has 0 radical (unpaired) electrons. The Hall–Kier alpha value is -0.840. The molecule has 0 saturated heterocycles. The Kier molecular flexibility index (Phi) is 4.43. The van der Waals surface area contributed by atoms with E-state index in [-0.39, 0.29) is 12.4 Å². The van der Waals surface area contributed by atoms with Crippen LogP contribution < -0.4 is 5.32 Å². The zero-order chi connectivity index (χ0) is 13.1. The normalized spacial score (nSPS) is 10.4. The zero-order valence-electron chi connectivity index (χ0n) is 9.05. The van der Waals surface area contributed by atoms with Crippen molar-refractivity contribution in [3.63, 3.8) is 0 Å². The third-order valence-corrected chi connectivity index (χ3v) is 3.82. The molecule has 2 rings (SSSR count). The van der Waals surface area contributed by atoms with Crippen molar-refractivity contribution >= 4 is 44.8 Å². The highest BCUT2D eigenvalue weighted by molar-refractivity contribution is 9.10. The van der Waals surface area contributed by atoms with E-state index in [0.29, 0.717) is 20.2 Å². The van der Waals surface area contributed by atoms with Gasteiger partial charge in [-0.3, -0.25) is 0 Å². The van der Waals surface area contributed by atoms with Crippen LogP contribution in [0.25, 0.3) is 0 Å². The van der Waals surface area contributed by atoms with E-state index in [1.165, 1.54) is 6.07 Å². The molecule has 2 aromatic rings. The molecule has 0 aliphatic heterocycles. The van der Waals surface area contributed by atoms with Gasteiger partial charge < -0.3 is 5.32 Å². The monoisotopic (exact) mass is 348 g/mol. The summed E-state index contributed by atoms with van der Waals surface area (Å²) >= 11 is 15.0. The highest BCUT2D eigenvalue weighted by Gasteiger charge is 2.07. The number of aromatic nitrogens is 1. The van der Waals surface area contributed by atoms with Crippen molar-refractivity contribution in [1.29, 1.82) is 0 Å². The lowest BCUT2D eigenvalue weighted by atomic mass is 10.2. The molecule has 0 spiro atoms. The van der Waals surface area contributed by atoms with Crippen LogP contribution in [0.5, 0.6) is 0 Å². The van der Waals surface area contributed by atoms with E-state index in [0.717, 1.165) is 5.69 Å². The molecule has 1 N–H and O–H groups in total. The molecule has 1 heterocycles. The van der Waals surface area contributed by atoms with Crippen LogP contribution in [0.2, 0.25) is 10.2 Å². The number of nitrogens with zero attached hydrogens (tertiary/aromatic N) is 1. The van der Waals surface area contributed by atoms with E-state index >= 15 is 0 Å². The van der Waals surface area contributed by atoms with Gasteiger partial charge in [0.25, 0.3) is 0 Å². The molecule has 0 amide bonds. The second-order valence-electron chi connectivity index (χ2n) is 3.55. The maximum Gasteiger partial charge on any atom is 0.143 e. The van der Waals surface area contributed by atoms with Gasteiger partial charge in [0.15, 0.2) is 0 Å². The highest BCUT2D eigenvalue weighted by Crippen LogP contribution is 2.24. The molecule has 0 aliphatic carbocycles. The van der Waals surface area contributed by atoms with Crippen molar-refractivity contribution in [1.82, 2.24) is 4.98 Å². The highest BCUT2D eigenvalue weighted by atomic mass is 79.9. The predicted molar refractivity (Wildman–Crippen MR) is 75.7 cm³/mol. The van der Waals surface area contributed by atoms with Crippen LogP contribution >= 0.6 is 39.1 Å². The van der Waals surface area contributed by atoms with E-state index in [2.05, 4.69) is 26.2 Å². The Balaban J connectivity index is 2.14. The van der Waals surface area contributed by atoms with Gasteiger partial charge in [0.05, 0.1) is 16.4 Å². The number of anilines is 1. The van der Waals surface area contributed by atoms with Crippen molar-refractivity contribution in [2.45, 2.75) is 6.54 Å². The summed E-state index contributed by atoms with van der Waals surface area (Å²) < 4.78 is 14.2.